The van der Waals surface area contributed by atoms with Gasteiger partial charge in [0.15, 0.2) is 8.80 Å². The van der Waals surface area contributed by atoms with Crippen LogP contribution >= 0.6 is 58.0 Å². The molecule has 3 aromatic carbocycles. The van der Waals surface area contributed by atoms with E-state index in [0.717, 1.165) is 15.6 Å². The smallest absolute Gasteiger partial charge is 0.0827 e. The number of halogens is 5. The molecule has 0 aromatic heterocycles. The summed E-state index contributed by atoms with van der Waals surface area (Å²) >= 11 is 31.8. The lowest BCUT2D eigenvalue weighted by Gasteiger charge is -2.21. The van der Waals surface area contributed by atoms with Crippen LogP contribution in [0, 0.1) is 0 Å². The van der Waals surface area contributed by atoms with Gasteiger partial charge in [0.25, 0.3) is 0 Å². The molecule has 6 heteroatoms. The summed E-state index contributed by atoms with van der Waals surface area (Å²) in [5, 5.41) is 4.38. The van der Waals surface area contributed by atoms with E-state index in [9.17, 15) is 0 Å². The van der Waals surface area contributed by atoms with Crippen LogP contribution < -0.4 is 15.6 Å². The maximum Gasteiger partial charge on any atom is 0.158 e. The molecule has 0 N–H and O–H groups in total. The third-order valence-corrected chi connectivity index (χ3v) is 9.00. The van der Waals surface area contributed by atoms with Crippen LogP contribution in [0.2, 0.25) is 25.1 Å². The van der Waals surface area contributed by atoms with Gasteiger partial charge in [0.1, 0.15) is 0 Å². The molecule has 3 aromatic rings. The third kappa shape index (κ3) is 3.34. The number of hydrogen-bond donors (Lipinski definition) is 0. The van der Waals surface area contributed by atoms with E-state index in [2.05, 4.69) is 24.3 Å². The van der Waals surface area contributed by atoms with E-state index in [1.807, 2.05) is 36.4 Å². The van der Waals surface area contributed by atoms with Crippen molar-refractivity contribution >= 4 is 82.4 Å². The molecule has 0 saturated carbocycles. The Balaban J connectivity index is 2.33. The summed E-state index contributed by atoms with van der Waals surface area (Å²) in [4.78, 5) is 0. The van der Waals surface area contributed by atoms with E-state index in [4.69, 9.17) is 58.0 Å². The van der Waals surface area contributed by atoms with Crippen LogP contribution in [0.1, 0.15) is 0 Å². The van der Waals surface area contributed by atoms with Crippen molar-refractivity contribution in [1.82, 2.24) is 0 Å². The van der Waals surface area contributed by atoms with Crippen LogP contribution in [-0.2, 0) is 0 Å². The second-order valence-corrected chi connectivity index (χ2v) is 9.35. The SMILES string of the molecule is Clc1c(Cl)c(Cl)c([Si](c2ccccc2)c2ccccc2)c(Cl)c1Cl. The molecule has 24 heavy (non-hydrogen) atoms. The van der Waals surface area contributed by atoms with Gasteiger partial charge in [-0.15, -0.1) is 0 Å². The zero-order valence-electron chi connectivity index (χ0n) is 12.2. The lowest BCUT2D eigenvalue weighted by atomic mass is 10.3. The molecule has 0 nitrogen and oxygen atoms in total. The van der Waals surface area contributed by atoms with Gasteiger partial charge in [-0.3, -0.25) is 0 Å². The van der Waals surface area contributed by atoms with Gasteiger partial charge in [-0.05, 0) is 5.19 Å². The topological polar surface area (TPSA) is 0 Å². The van der Waals surface area contributed by atoms with E-state index in [1.54, 1.807) is 0 Å². The molecule has 0 unspecified atom stereocenters. The van der Waals surface area contributed by atoms with E-state index < -0.39 is 8.80 Å². The predicted octanol–water partition coefficient (Wildman–Crippen LogP) is 5.47. The molecule has 0 aliphatic rings. The van der Waals surface area contributed by atoms with Crippen molar-refractivity contribution < 1.29 is 0 Å². The van der Waals surface area contributed by atoms with Crippen molar-refractivity contribution in [2.24, 2.45) is 0 Å². The molecule has 0 heterocycles. The molecule has 0 aliphatic heterocycles. The molecule has 121 valence electrons. The van der Waals surface area contributed by atoms with Gasteiger partial charge in [0, 0.05) is 0 Å². The molecule has 0 amide bonds. The molecule has 0 fully saturated rings. The summed E-state index contributed by atoms with van der Waals surface area (Å²) in [6, 6.07) is 20.1. The van der Waals surface area contributed by atoms with Gasteiger partial charge in [0.2, 0.25) is 0 Å². The summed E-state index contributed by atoms with van der Waals surface area (Å²) in [6.45, 7) is 0. The van der Waals surface area contributed by atoms with Gasteiger partial charge in [-0.25, -0.2) is 0 Å². The van der Waals surface area contributed by atoms with E-state index in [1.165, 1.54) is 0 Å². The first-order valence-corrected chi connectivity index (χ1v) is 10.4. The van der Waals surface area contributed by atoms with Gasteiger partial charge in [-0.1, -0.05) is 129 Å². The number of rotatable bonds is 3. The first-order valence-electron chi connectivity index (χ1n) is 7.02. The van der Waals surface area contributed by atoms with Crippen LogP contribution in [0.5, 0.6) is 0 Å². The van der Waals surface area contributed by atoms with Crippen molar-refractivity contribution in [3.63, 3.8) is 0 Å². The molecular weight excluding hydrogens is 422 g/mol. The molecule has 0 bridgehead atoms. The highest BCUT2D eigenvalue weighted by atomic mass is 35.5. The lowest BCUT2D eigenvalue weighted by Crippen LogP contribution is -2.53. The Morgan fingerprint density at radius 2 is 0.792 bits per heavy atom. The highest BCUT2D eigenvalue weighted by Gasteiger charge is 2.29. The van der Waals surface area contributed by atoms with Crippen LogP contribution in [0.25, 0.3) is 0 Å². The zero-order valence-corrected chi connectivity index (χ0v) is 16.9. The van der Waals surface area contributed by atoms with Crippen LogP contribution in [-0.4, -0.2) is 8.80 Å². The normalized spacial score (nSPS) is 11.1. The Hall–Kier alpha value is -0.673. The van der Waals surface area contributed by atoms with Gasteiger partial charge < -0.3 is 0 Å². The first kappa shape index (κ1) is 18.1. The van der Waals surface area contributed by atoms with Crippen molar-refractivity contribution in [2.75, 3.05) is 0 Å². The lowest BCUT2D eigenvalue weighted by molar-refractivity contribution is 1.70. The Kier molecular flexibility index (Phi) is 5.81. The summed E-state index contributed by atoms with van der Waals surface area (Å²) in [6.07, 6.45) is 0. The highest BCUT2D eigenvalue weighted by molar-refractivity contribution is 6.98. The van der Waals surface area contributed by atoms with Crippen molar-refractivity contribution in [3.8, 4) is 0 Å². The fourth-order valence-electron chi connectivity index (χ4n) is 2.49. The second kappa shape index (κ2) is 7.70. The largest absolute Gasteiger partial charge is 0.158 e. The monoisotopic (exact) mass is 429 g/mol. The molecule has 0 aliphatic carbocycles. The van der Waals surface area contributed by atoms with Crippen molar-refractivity contribution in [3.05, 3.63) is 85.8 Å². The summed E-state index contributed by atoms with van der Waals surface area (Å²) in [7, 11) is -1.49. The molecule has 0 spiro atoms. The fourth-order valence-corrected chi connectivity index (χ4v) is 7.00. The molecule has 1 radical (unpaired) electrons. The Bertz CT molecular complexity index is 797. The second-order valence-electron chi connectivity index (χ2n) is 5.05. The van der Waals surface area contributed by atoms with Crippen molar-refractivity contribution in [2.45, 2.75) is 0 Å². The summed E-state index contributed by atoms with van der Waals surface area (Å²) in [5.74, 6) is 0. The summed E-state index contributed by atoms with van der Waals surface area (Å²) < 4.78 is 0. The Labute approximate surface area is 167 Å². The number of hydrogen-bond acceptors (Lipinski definition) is 0. The summed E-state index contributed by atoms with van der Waals surface area (Å²) in [5.41, 5.74) is 0. The quantitative estimate of drug-likeness (QED) is 0.223. The van der Waals surface area contributed by atoms with Crippen molar-refractivity contribution in [1.29, 1.82) is 0 Å². The Morgan fingerprint density at radius 1 is 0.458 bits per heavy atom. The van der Waals surface area contributed by atoms with Gasteiger partial charge in [0.05, 0.1) is 25.1 Å². The average molecular weight is 432 g/mol. The minimum atomic E-state index is -1.49. The zero-order chi connectivity index (χ0) is 17.3. The average Bonchev–Trinajstić information content (AvgIpc) is 2.63. The molecular formula is C18H10Cl5Si. The van der Waals surface area contributed by atoms with E-state index >= 15 is 0 Å². The highest BCUT2D eigenvalue weighted by Crippen LogP contribution is 2.39. The van der Waals surface area contributed by atoms with Crippen LogP contribution in [0.4, 0.5) is 0 Å². The van der Waals surface area contributed by atoms with Gasteiger partial charge in [-0.2, -0.15) is 0 Å². The van der Waals surface area contributed by atoms with Gasteiger partial charge >= 0.3 is 0 Å². The Morgan fingerprint density at radius 3 is 1.17 bits per heavy atom. The van der Waals surface area contributed by atoms with E-state index in [-0.39, 0.29) is 15.1 Å². The fraction of sp³-hybridized carbons (Fsp3) is 0. The van der Waals surface area contributed by atoms with Crippen LogP contribution in [0.15, 0.2) is 60.7 Å². The molecule has 3 rings (SSSR count). The maximum atomic E-state index is 6.54. The van der Waals surface area contributed by atoms with Crippen LogP contribution in [0.3, 0.4) is 0 Å². The minimum Gasteiger partial charge on any atom is -0.0827 e. The standard InChI is InChI=1S/C18H10Cl5Si/c19-13-14(20)16(22)18(17(23)15(13)21)24(11-7-3-1-4-8-11)12-9-5-2-6-10-12/h1-10H. The molecule has 0 saturated heterocycles. The third-order valence-electron chi connectivity index (χ3n) is 3.58. The maximum absolute atomic E-state index is 6.54. The predicted molar refractivity (Wildman–Crippen MR) is 109 cm³/mol. The molecule has 0 atom stereocenters. The minimum absolute atomic E-state index is 0.180. The number of benzene rings is 3. The van der Waals surface area contributed by atoms with E-state index in [0.29, 0.717) is 10.0 Å². The first-order chi connectivity index (χ1) is 11.5.